The van der Waals surface area contributed by atoms with Crippen molar-refractivity contribution < 1.29 is 14.3 Å². The van der Waals surface area contributed by atoms with Gasteiger partial charge in [0.05, 0.1) is 0 Å². The van der Waals surface area contributed by atoms with Crippen molar-refractivity contribution in [2.24, 2.45) is 0 Å². The Balaban J connectivity index is 2.21. The zero-order valence-electron chi connectivity index (χ0n) is 8.17. The summed E-state index contributed by atoms with van der Waals surface area (Å²) in [6.45, 7) is 2.59. The number of carbonyl (C=O) groups is 1. The highest BCUT2D eigenvalue weighted by atomic mass is 35.5. The largest absolute Gasteiger partial charge is 0.454 e. The summed E-state index contributed by atoms with van der Waals surface area (Å²) in [6, 6.07) is 3.74. The maximum atomic E-state index is 10.6. The summed E-state index contributed by atoms with van der Waals surface area (Å²) < 4.78 is 10.5. The Labute approximate surface area is 92.1 Å². The van der Waals surface area contributed by atoms with Crippen LogP contribution in [-0.2, 0) is 6.54 Å². The molecular formula is C10H10ClNO3. The van der Waals surface area contributed by atoms with Crippen LogP contribution in [0.4, 0.5) is 4.79 Å². The van der Waals surface area contributed by atoms with Gasteiger partial charge in [0.15, 0.2) is 11.5 Å². The maximum absolute atomic E-state index is 10.6. The lowest BCUT2D eigenvalue weighted by Gasteiger charge is -2.07. The molecule has 0 aliphatic carbocycles. The van der Waals surface area contributed by atoms with Crippen LogP contribution in [0.2, 0.25) is 0 Å². The number of carbonyl (C=O) groups excluding carboxylic acids is 1. The van der Waals surface area contributed by atoms with Crippen molar-refractivity contribution in [1.29, 1.82) is 0 Å². The van der Waals surface area contributed by atoms with Crippen molar-refractivity contribution in [1.82, 2.24) is 5.32 Å². The van der Waals surface area contributed by atoms with Crippen LogP contribution in [0.3, 0.4) is 0 Å². The summed E-state index contributed by atoms with van der Waals surface area (Å²) >= 11 is 5.19. The number of fused-ring (bicyclic) bond motifs is 1. The second-order valence-electron chi connectivity index (χ2n) is 3.26. The molecule has 0 bridgehead atoms. The van der Waals surface area contributed by atoms with Gasteiger partial charge in [0.2, 0.25) is 6.79 Å². The van der Waals surface area contributed by atoms with Crippen LogP contribution >= 0.6 is 11.6 Å². The van der Waals surface area contributed by atoms with E-state index in [4.69, 9.17) is 21.1 Å². The smallest absolute Gasteiger partial charge is 0.314 e. The first-order valence-electron chi connectivity index (χ1n) is 4.49. The molecule has 0 atom stereocenters. The fourth-order valence-electron chi connectivity index (χ4n) is 1.44. The van der Waals surface area contributed by atoms with Gasteiger partial charge in [0.25, 0.3) is 0 Å². The average Bonchev–Trinajstić information content (AvgIpc) is 2.60. The van der Waals surface area contributed by atoms with E-state index in [-0.39, 0.29) is 6.79 Å². The van der Waals surface area contributed by atoms with Gasteiger partial charge in [-0.25, -0.2) is 0 Å². The number of hydrogen-bond donors (Lipinski definition) is 1. The second kappa shape index (κ2) is 3.98. The molecule has 1 aliphatic rings. The Hall–Kier alpha value is -1.42. The van der Waals surface area contributed by atoms with E-state index in [0.717, 1.165) is 16.9 Å². The van der Waals surface area contributed by atoms with Gasteiger partial charge in [-0.15, -0.1) is 0 Å². The monoisotopic (exact) mass is 227 g/mol. The molecule has 1 N–H and O–H groups in total. The lowest BCUT2D eigenvalue weighted by atomic mass is 10.1. The van der Waals surface area contributed by atoms with Crippen LogP contribution in [0, 0.1) is 6.92 Å². The van der Waals surface area contributed by atoms with Crippen LogP contribution < -0.4 is 14.8 Å². The number of aryl methyl sites for hydroxylation is 1. The third-order valence-electron chi connectivity index (χ3n) is 2.25. The van der Waals surface area contributed by atoms with Gasteiger partial charge in [0, 0.05) is 6.54 Å². The van der Waals surface area contributed by atoms with Crippen molar-refractivity contribution >= 4 is 17.0 Å². The van der Waals surface area contributed by atoms with E-state index >= 15 is 0 Å². The van der Waals surface area contributed by atoms with Gasteiger partial charge in [0.1, 0.15) is 0 Å². The van der Waals surface area contributed by atoms with E-state index in [1.807, 2.05) is 19.1 Å². The summed E-state index contributed by atoms with van der Waals surface area (Å²) in [5.74, 6) is 1.45. The standard InChI is InChI=1S/C10H10ClNO3/c1-6-2-8-9(15-5-14-8)3-7(6)4-12-10(11)13/h2-3H,4-5H2,1H3,(H,12,13). The highest BCUT2D eigenvalue weighted by molar-refractivity contribution is 6.62. The van der Waals surface area contributed by atoms with Crippen molar-refractivity contribution in [2.45, 2.75) is 13.5 Å². The first kappa shape index (κ1) is 10.1. The minimum atomic E-state index is -0.563. The van der Waals surface area contributed by atoms with E-state index in [1.165, 1.54) is 0 Å². The molecule has 0 radical (unpaired) electrons. The molecule has 1 aromatic rings. The maximum Gasteiger partial charge on any atom is 0.314 e. The second-order valence-corrected chi connectivity index (χ2v) is 3.60. The quantitative estimate of drug-likeness (QED) is 0.622. The Kier molecular flexibility index (Phi) is 2.68. The fourth-order valence-corrected chi connectivity index (χ4v) is 1.51. The van der Waals surface area contributed by atoms with Crippen LogP contribution in [0.5, 0.6) is 11.5 Å². The summed E-state index contributed by atoms with van der Waals surface area (Å²) in [5.41, 5.74) is 2.00. The molecule has 2 rings (SSSR count). The molecule has 0 unspecified atom stereocenters. The molecule has 1 heterocycles. The zero-order valence-corrected chi connectivity index (χ0v) is 8.93. The highest BCUT2D eigenvalue weighted by Gasteiger charge is 2.15. The molecule has 0 fully saturated rings. The molecule has 4 nitrogen and oxygen atoms in total. The molecule has 0 saturated heterocycles. The molecule has 0 saturated carbocycles. The number of halogens is 1. The Morgan fingerprint density at radius 2 is 2.13 bits per heavy atom. The number of benzene rings is 1. The van der Waals surface area contributed by atoms with Crippen LogP contribution in [0.15, 0.2) is 12.1 Å². The van der Waals surface area contributed by atoms with Crippen molar-refractivity contribution in [3.05, 3.63) is 23.3 Å². The first-order chi connectivity index (χ1) is 7.16. The molecular weight excluding hydrogens is 218 g/mol. The molecule has 5 heteroatoms. The van der Waals surface area contributed by atoms with Gasteiger partial charge in [-0.2, -0.15) is 0 Å². The normalized spacial score (nSPS) is 12.7. The van der Waals surface area contributed by atoms with Gasteiger partial charge in [-0.3, -0.25) is 4.79 Å². The molecule has 80 valence electrons. The molecule has 15 heavy (non-hydrogen) atoms. The number of amides is 1. The lowest BCUT2D eigenvalue weighted by Crippen LogP contribution is -2.16. The van der Waals surface area contributed by atoms with Crippen molar-refractivity contribution in [3.8, 4) is 11.5 Å². The fraction of sp³-hybridized carbons (Fsp3) is 0.300. The highest BCUT2D eigenvalue weighted by Crippen LogP contribution is 2.34. The summed E-state index contributed by atoms with van der Waals surface area (Å²) in [6.07, 6.45) is 0. The van der Waals surface area contributed by atoms with Gasteiger partial charge in [-0.05, 0) is 41.8 Å². The topological polar surface area (TPSA) is 47.6 Å². The lowest BCUT2D eigenvalue weighted by molar-refractivity contribution is 0.174. The van der Waals surface area contributed by atoms with E-state index < -0.39 is 5.37 Å². The predicted molar refractivity (Wildman–Crippen MR) is 55.4 cm³/mol. The zero-order chi connectivity index (χ0) is 10.8. The minimum absolute atomic E-state index is 0.250. The first-order valence-corrected chi connectivity index (χ1v) is 4.87. The van der Waals surface area contributed by atoms with E-state index in [0.29, 0.717) is 12.3 Å². The van der Waals surface area contributed by atoms with E-state index in [9.17, 15) is 4.79 Å². The van der Waals surface area contributed by atoms with Crippen molar-refractivity contribution in [2.75, 3.05) is 6.79 Å². The Morgan fingerprint density at radius 3 is 2.80 bits per heavy atom. The molecule has 0 spiro atoms. The van der Waals surface area contributed by atoms with Gasteiger partial charge < -0.3 is 14.8 Å². The van der Waals surface area contributed by atoms with Gasteiger partial charge >= 0.3 is 5.37 Å². The molecule has 1 aliphatic heterocycles. The van der Waals surface area contributed by atoms with Gasteiger partial charge in [-0.1, -0.05) is 0 Å². The van der Waals surface area contributed by atoms with Crippen LogP contribution in [0.25, 0.3) is 0 Å². The predicted octanol–water partition coefficient (Wildman–Crippen LogP) is 2.17. The SMILES string of the molecule is Cc1cc2c(cc1CNC(=O)Cl)OCO2. The summed E-state index contributed by atoms with van der Waals surface area (Å²) in [5, 5.41) is 1.96. The number of rotatable bonds is 2. The van der Waals surface area contributed by atoms with Crippen LogP contribution in [-0.4, -0.2) is 12.2 Å². The Morgan fingerprint density at radius 1 is 1.47 bits per heavy atom. The van der Waals surface area contributed by atoms with Crippen molar-refractivity contribution in [3.63, 3.8) is 0 Å². The third-order valence-corrected chi connectivity index (χ3v) is 2.38. The number of ether oxygens (including phenoxy) is 2. The third kappa shape index (κ3) is 2.15. The molecule has 1 amide bonds. The van der Waals surface area contributed by atoms with Crippen LogP contribution in [0.1, 0.15) is 11.1 Å². The minimum Gasteiger partial charge on any atom is -0.454 e. The van der Waals surface area contributed by atoms with E-state index in [1.54, 1.807) is 0 Å². The Bertz CT molecular complexity index is 406. The number of nitrogens with one attached hydrogen (secondary N) is 1. The number of hydrogen-bond acceptors (Lipinski definition) is 3. The summed E-state index contributed by atoms with van der Waals surface area (Å²) in [4.78, 5) is 10.6. The molecule has 1 aromatic carbocycles. The summed E-state index contributed by atoms with van der Waals surface area (Å²) in [7, 11) is 0. The van der Waals surface area contributed by atoms with E-state index in [2.05, 4.69) is 5.32 Å². The molecule has 0 aromatic heterocycles. The average molecular weight is 228 g/mol.